The fourth-order valence-electron chi connectivity index (χ4n) is 1.06. The van der Waals surface area contributed by atoms with Crippen molar-refractivity contribution in [3.63, 3.8) is 0 Å². The highest BCUT2D eigenvalue weighted by atomic mass is 79.9. The predicted octanol–water partition coefficient (Wildman–Crippen LogP) is 2.25. The third kappa shape index (κ3) is 2.76. The van der Waals surface area contributed by atoms with Gasteiger partial charge in [-0.25, -0.2) is 0 Å². The SMILES string of the molecule is COCOc1c(OC)c[c]c(Br)c1OC. The molecule has 0 amide bonds. The van der Waals surface area contributed by atoms with E-state index in [1.165, 1.54) is 0 Å². The van der Waals surface area contributed by atoms with Crippen molar-refractivity contribution < 1.29 is 18.9 Å². The molecule has 0 unspecified atom stereocenters. The van der Waals surface area contributed by atoms with Crippen molar-refractivity contribution in [3.05, 3.63) is 16.6 Å². The maximum absolute atomic E-state index is 5.36. The molecule has 0 saturated carbocycles. The van der Waals surface area contributed by atoms with Crippen molar-refractivity contribution in [1.29, 1.82) is 0 Å². The zero-order chi connectivity index (χ0) is 11.3. The summed E-state index contributed by atoms with van der Waals surface area (Å²) in [4.78, 5) is 0. The molecule has 1 radical (unpaired) electrons. The third-order valence-corrected chi connectivity index (χ3v) is 2.29. The van der Waals surface area contributed by atoms with E-state index in [9.17, 15) is 0 Å². The van der Waals surface area contributed by atoms with Gasteiger partial charge >= 0.3 is 0 Å². The van der Waals surface area contributed by atoms with Crippen molar-refractivity contribution in [1.82, 2.24) is 0 Å². The second-order valence-electron chi connectivity index (χ2n) is 2.58. The second kappa shape index (κ2) is 5.82. The lowest BCUT2D eigenvalue weighted by Crippen LogP contribution is -2.03. The fourth-order valence-corrected chi connectivity index (χ4v) is 1.52. The minimum atomic E-state index is 0.128. The van der Waals surface area contributed by atoms with E-state index in [0.717, 1.165) is 0 Å². The number of benzene rings is 1. The van der Waals surface area contributed by atoms with Crippen molar-refractivity contribution in [2.24, 2.45) is 0 Å². The average molecular weight is 276 g/mol. The van der Waals surface area contributed by atoms with Crippen LogP contribution in [0.25, 0.3) is 0 Å². The summed E-state index contributed by atoms with van der Waals surface area (Å²) in [5, 5.41) is 0. The molecule has 0 atom stereocenters. The van der Waals surface area contributed by atoms with Crippen molar-refractivity contribution in [2.75, 3.05) is 28.1 Å². The molecular weight excluding hydrogens is 264 g/mol. The van der Waals surface area contributed by atoms with Crippen LogP contribution in [-0.2, 0) is 4.74 Å². The standard InChI is InChI=1S/C10H12BrO4/c1-12-6-15-10-8(13-2)5-4-7(11)9(10)14-3/h5H,6H2,1-3H3. The molecule has 4 nitrogen and oxygen atoms in total. The molecule has 0 heterocycles. The van der Waals surface area contributed by atoms with Gasteiger partial charge in [-0.2, -0.15) is 0 Å². The zero-order valence-electron chi connectivity index (χ0n) is 8.80. The minimum Gasteiger partial charge on any atom is -0.493 e. The molecule has 5 heteroatoms. The van der Waals surface area contributed by atoms with Gasteiger partial charge in [0.05, 0.1) is 18.7 Å². The summed E-state index contributed by atoms with van der Waals surface area (Å²) < 4.78 is 21.2. The lowest BCUT2D eigenvalue weighted by atomic mass is 10.3. The molecule has 0 aliphatic carbocycles. The molecule has 1 aromatic carbocycles. The van der Waals surface area contributed by atoms with Gasteiger partial charge < -0.3 is 18.9 Å². The highest BCUT2D eigenvalue weighted by molar-refractivity contribution is 9.10. The summed E-state index contributed by atoms with van der Waals surface area (Å²) in [5.41, 5.74) is 0. The summed E-state index contributed by atoms with van der Waals surface area (Å²) in [6.45, 7) is 0.128. The molecule has 0 fully saturated rings. The zero-order valence-corrected chi connectivity index (χ0v) is 10.4. The summed E-state index contributed by atoms with van der Waals surface area (Å²) in [5.74, 6) is 1.57. The first kappa shape index (κ1) is 12.1. The topological polar surface area (TPSA) is 36.9 Å². The van der Waals surface area contributed by atoms with Crippen LogP contribution in [0.2, 0.25) is 0 Å². The molecule has 1 aromatic rings. The molecule has 0 aliphatic heterocycles. The van der Waals surface area contributed by atoms with Crippen LogP contribution >= 0.6 is 15.9 Å². The smallest absolute Gasteiger partial charge is 0.207 e. The first-order chi connectivity index (χ1) is 7.24. The number of rotatable bonds is 5. The van der Waals surface area contributed by atoms with Crippen molar-refractivity contribution in [3.8, 4) is 17.2 Å². The molecule has 83 valence electrons. The summed E-state index contributed by atoms with van der Waals surface area (Å²) in [6, 6.07) is 4.60. The fraction of sp³-hybridized carbons (Fsp3) is 0.400. The molecule has 15 heavy (non-hydrogen) atoms. The Kier molecular flexibility index (Phi) is 4.71. The van der Waals surface area contributed by atoms with E-state index in [4.69, 9.17) is 18.9 Å². The molecule has 1 rings (SSSR count). The molecule has 0 N–H and O–H groups in total. The lowest BCUT2D eigenvalue weighted by molar-refractivity contribution is 0.0470. The van der Waals surface area contributed by atoms with Gasteiger partial charge in [-0.3, -0.25) is 0 Å². The monoisotopic (exact) mass is 275 g/mol. The van der Waals surface area contributed by atoms with Gasteiger partial charge in [0.15, 0.2) is 18.3 Å². The molecule has 0 aliphatic rings. The number of hydrogen-bond donors (Lipinski definition) is 0. The summed E-state index contributed by atoms with van der Waals surface area (Å²) in [6.07, 6.45) is 0. The Morgan fingerprint density at radius 2 is 1.93 bits per heavy atom. The van der Waals surface area contributed by atoms with Crippen LogP contribution in [0, 0.1) is 6.07 Å². The van der Waals surface area contributed by atoms with Crippen LogP contribution in [-0.4, -0.2) is 28.1 Å². The Morgan fingerprint density at radius 1 is 1.20 bits per heavy atom. The van der Waals surface area contributed by atoms with Gasteiger partial charge in [0.2, 0.25) is 5.75 Å². The predicted molar refractivity (Wildman–Crippen MR) is 58.6 cm³/mol. The Balaban J connectivity index is 3.09. The minimum absolute atomic E-state index is 0.128. The van der Waals surface area contributed by atoms with E-state index in [1.807, 2.05) is 0 Å². The van der Waals surface area contributed by atoms with Crippen molar-refractivity contribution in [2.45, 2.75) is 0 Å². The Hall–Kier alpha value is -0.940. The lowest BCUT2D eigenvalue weighted by Gasteiger charge is -2.14. The van der Waals surface area contributed by atoms with Gasteiger partial charge in [-0.05, 0) is 22.0 Å². The Bertz CT molecular complexity index is 327. The Labute approximate surface area is 97.2 Å². The van der Waals surface area contributed by atoms with E-state index in [2.05, 4.69) is 22.0 Å². The van der Waals surface area contributed by atoms with E-state index < -0.39 is 0 Å². The van der Waals surface area contributed by atoms with Crippen LogP contribution < -0.4 is 14.2 Å². The average Bonchev–Trinajstić information content (AvgIpc) is 2.26. The van der Waals surface area contributed by atoms with Gasteiger partial charge in [0, 0.05) is 13.2 Å². The number of methoxy groups -OCH3 is 3. The van der Waals surface area contributed by atoms with E-state index in [1.54, 1.807) is 27.4 Å². The number of halogens is 1. The maximum Gasteiger partial charge on any atom is 0.207 e. The van der Waals surface area contributed by atoms with Crippen molar-refractivity contribution >= 4 is 15.9 Å². The second-order valence-corrected chi connectivity index (χ2v) is 3.38. The molecule has 0 saturated heterocycles. The number of hydrogen-bond acceptors (Lipinski definition) is 4. The quantitative estimate of drug-likeness (QED) is 0.773. The van der Waals surface area contributed by atoms with Gasteiger partial charge in [0.25, 0.3) is 0 Å². The van der Waals surface area contributed by atoms with Gasteiger partial charge in [0.1, 0.15) is 0 Å². The number of ether oxygens (including phenoxy) is 4. The normalized spacial score (nSPS) is 9.87. The Morgan fingerprint density at radius 3 is 2.47 bits per heavy atom. The van der Waals surface area contributed by atoms with E-state index in [-0.39, 0.29) is 6.79 Å². The van der Waals surface area contributed by atoms with Crippen LogP contribution in [0.4, 0.5) is 0 Å². The summed E-state index contributed by atoms with van der Waals surface area (Å²) in [7, 11) is 4.65. The highest BCUT2D eigenvalue weighted by Crippen LogP contribution is 2.42. The molecule has 0 aromatic heterocycles. The van der Waals surface area contributed by atoms with Crippen LogP contribution in [0.3, 0.4) is 0 Å². The van der Waals surface area contributed by atoms with Crippen LogP contribution in [0.1, 0.15) is 0 Å². The largest absolute Gasteiger partial charge is 0.493 e. The molecule has 0 spiro atoms. The third-order valence-electron chi connectivity index (χ3n) is 1.70. The first-order valence-electron chi connectivity index (χ1n) is 4.18. The van der Waals surface area contributed by atoms with E-state index in [0.29, 0.717) is 21.7 Å². The van der Waals surface area contributed by atoms with Gasteiger partial charge in [-0.15, -0.1) is 0 Å². The molecular formula is C10H12BrO4. The molecule has 0 bridgehead atoms. The maximum atomic E-state index is 5.36. The van der Waals surface area contributed by atoms with Crippen LogP contribution in [0.15, 0.2) is 10.5 Å². The van der Waals surface area contributed by atoms with Crippen LogP contribution in [0.5, 0.6) is 17.2 Å². The first-order valence-corrected chi connectivity index (χ1v) is 4.97. The van der Waals surface area contributed by atoms with Gasteiger partial charge in [-0.1, -0.05) is 0 Å². The highest BCUT2D eigenvalue weighted by Gasteiger charge is 2.15. The summed E-state index contributed by atoms with van der Waals surface area (Å²) >= 11 is 3.31. The van der Waals surface area contributed by atoms with E-state index >= 15 is 0 Å².